The van der Waals surface area contributed by atoms with Crippen LogP contribution in [0.4, 0.5) is 75.0 Å². The molecule has 0 saturated heterocycles. The number of nitrogens with zero attached hydrogens (tertiary/aromatic N) is 12. The third kappa shape index (κ3) is 23.9. The molecule has 0 radical (unpaired) electrons. The van der Waals surface area contributed by atoms with Crippen molar-refractivity contribution in [1.82, 2.24) is 29.9 Å². The number of carbonyl (C=O) groups is 2. The van der Waals surface area contributed by atoms with Crippen LogP contribution in [0.15, 0.2) is 184 Å². The first-order chi connectivity index (χ1) is 46.6. The molecule has 108 heavy (non-hydrogen) atoms. The first-order valence-corrected chi connectivity index (χ1v) is 35.5. The van der Waals surface area contributed by atoms with E-state index < -0.39 is 187 Å². The van der Waals surface area contributed by atoms with E-state index in [0.717, 1.165) is 70.1 Å². The summed E-state index contributed by atoms with van der Waals surface area (Å²) in [5.41, 5.74) is -1.16. The number of carboxylic acid groups (broad SMARTS) is 2. The Labute approximate surface area is 750 Å². The van der Waals surface area contributed by atoms with Crippen LogP contribution in [0.25, 0.3) is 22.7 Å². The minimum atomic E-state index is -5.97. The van der Waals surface area contributed by atoms with Gasteiger partial charge in [0.2, 0.25) is 0 Å². The number of azo groups is 2. The van der Waals surface area contributed by atoms with E-state index in [1.807, 2.05) is 0 Å². The second-order valence-electron chi connectivity index (χ2n) is 19.8. The van der Waals surface area contributed by atoms with Gasteiger partial charge in [0.25, 0.3) is 0 Å². The number of nitrogens with two attached hydrogens (primary N) is 1. The molecular weight excluding hydrogens is 1660 g/mol. The molecule has 0 aliphatic heterocycles. The Kier molecular flexibility index (Phi) is 35.7. The quantitative estimate of drug-likeness (QED) is 0.0103. The number of halogens is 2. The van der Waals surface area contributed by atoms with Gasteiger partial charge >= 0.3 is 225 Å². The number of anilines is 9. The molecule has 0 atom stereocenters. The molecule has 0 amide bonds. The van der Waals surface area contributed by atoms with Crippen LogP contribution in [0.3, 0.4) is 0 Å². The summed E-state index contributed by atoms with van der Waals surface area (Å²) in [5, 5.41) is 53.5. The van der Waals surface area contributed by atoms with Crippen molar-refractivity contribution in [2.24, 2.45) is 20.5 Å². The zero-order chi connectivity index (χ0) is 72.9. The maximum Gasteiger partial charge on any atom is 1.00 e. The van der Waals surface area contributed by atoms with Gasteiger partial charge in [-0.2, -0.15) is 0 Å². The molecule has 0 spiro atoms. The predicted molar refractivity (Wildman–Crippen MR) is 336 cm³/mol. The third-order valence-corrected chi connectivity index (χ3v) is 19.2. The molecule has 42 nitrogen and oxygen atoms in total. The van der Waals surface area contributed by atoms with Crippen molar-refractivity contribution in [3.8, 4) is 17.6 Å². The normalized spacial score (nSPS) is 11.5. The first-order valence-electron chi connectivity index (χ1n) is 26.3. The number of aromatic hydroxyl groups is 1. The van der Waals surface area contributed by atoms with Crippen LogP contribution < -0.4 is 213 Å². The zero-order valence-corrected chi connectivity index (χ0v) is 73.7. The molecule has 0 aliphatic rings. The Morgan fingerprint density at radius 1 is 0.417 bits per heavy atom. The fraction of sp³-hybridized carbons (Fsp3) is 0. The van der Waals surface area contributed by atoms with Crippen LogP contribution in [0, 0.1) is 0 Å². The van der Waals surface area contributed by atoms with Crippen LogP contribution in [0.2, 0.25) is 10.0 Å². The smallest absolute Gasteiger partial charge is 0.870 e. The van der Waals surface area contributed by atoms with Gasteiger partial charge in [-0.1, -0.05) is 23.2 Å². The van der Waals surface area contributed by atoms with E-state index >= 15 is 0 Å². The molecule has 0 unspecified atom stereocenters. The fourth-order valence-corrected chi connectivity index (χ4v) is 13.2. The first kappa shape index (κ1) is 98.9. The number of nitrogens with one attached hydrogen (secondary N) is 4. The molecule has 4 heterocycles. The Balaban J connectivity index is 0.00000495. The van der Waals surface area contributed by atoms with E-state index in [1.165, 1.54) is 48.8 Å². The van der Waals surface area contributed by atoms with E-state index in [-0.39, 0.29) is 228 Å². The van der Waals surface area contributed by atoms with Gasteiger partial charge in [0.05, 0.1) is 86.4 Å². The summed E-state index contributed by atoms with van der Waals surface area (Å²) < 4.78 is 228. The van der Waals surface area contributed by atoms with Gasteiger partial charge in [0, 0.05) is 22.7 Å². The number of fused-ring (bicyclic) bond motifs is 1. The maximum atomic E-state index is 13.0. The summed E-state index contributed by atoms with van der Waals surface area (Å²) in [6.45, 7) is 0. The summed E-state index contributed by atoms with van der Waals surface area (Å²) in [6, 6.07) is 16.2. The van der Waals surface area contributed by atoms with Gasteiger partial charge in [-0.05, 0) is 135 Å². The fourth-order valence-electron chi connectivity index (χ4n) is 8.77. The second kappa shape index (κ2) is 39.0. The molecule has 11 N–H and O–H groups in total. The van der Waals surface area contributed by atoms with Gasteiger partial charge in [0.15, 0.2) is 5.75 Å². The number of pyridine rings is 2. The number of nitrogen functional groups attached to an aromatic ring is 1. The number of rotatable bonds is 22. The average molecular weight is 1700 g/mol. The average Bonchev–Trinajstić information content (AvgIpc) is 0.738. The molecule has 0 bridgehead atoms. The van der Waals surface area contributed by atoms with Crippen LogP contribution in [-0.2, 0) is 60.7 Å². The monoisotopic (exact) mass is 1690 g/mol. The van der Waals surface area contributed by atoms with E-state index in [4.69, 9.17) is 28.9 Å². The van der Waals surface area contributed by atoms with Gasteiger partial charge in [-0.15, -0.1) is 30.4 Å². The number of hydrogen-bond donors (Lipinski definition) is 8. The van der Waals surface area contributed by atoms with Crippen LogP contribution in [-0.4, -0.2) is 146 Å². The van der Waals surface area contributed by atoms with E-state index in [1.54, 1.807) is 0 Å². The SMILES string of the molecule is Nc1c(N=Nc2cc(Nc3nc(Nc4ccc(Cl)c(S(=O)(=O)[O-])c4)nc(-[n+]4cccc(C(=O)O)c4)n3)ccc2S(=O)(=O)[O-])c(S(=O)(=O)[O-])cc2cc(S(=O)(=O)[O-])c(N=Nc3cc(Nc4nc(Nc5ccc(Cl)c(S(=O)(=O)[O-])c5)nc(-[n+]5cccc(C(=O)O)c5)n4)ccc3S(=O)(=O)[O-])c(O)c12.[Na+].[Na+].[Na+].[Na+].[Na+].[Na+].[OH-].[OH-]. The van der Waals surface area contributed by atoms with Crippen molar-refractivity contribution in [3.05, 3.63) is 155 Å². The summed E-state index contributed by atoms with van der Waals surface area (Å²) in [4.78, 5) is 41.6. The van der Waals surface area contributed by atoms with Crippen molar-refractivity contribution in [1.29, 1.82) is 0 Å². The van der Waals surface area contributed by atoms with Crippen molar-refractivity contribution < 1.29 is 300 Å². The molecule has 56 heteroatoms. The zero-order valence-electron chi connectivity index (χ0n) is 55.3. The number of phenolic OH excluding ortho intramolecular Hbond substituents is 1. The molecule has 532 valence electrons. The second-order valence-corrected chi connectivity index (χ2v) is 28.7. The molecule has 4 aromatic heterocycles. The Bertz CT molecular complexity index is 5650. The molecule has 0 saturated carbocycles. The molecule has 10 aromatic rings. The summed E-state index contributed by atoms with van der Waals surface area (Å²) in [5.74, 6) is -7.12. The van der Waals surface area contributed by atoms with Crippen molar-refractivity contribution in [3.63, 3.8) is 0 Å². The number of aromatic nitrogens is 8. The standard InChI is InChI=1S/C52H35Cl2N17O23S6.6Na.2H2O/c53-30-9-5-28(19-36(30)97(83,84)85)58-49-60-47(62-51(64-49)70-13-1-3-23(21-70)45(73)74)56-26-7-11-34(95(77,78)79)32(17-26)66-68-42-38(99(89,90)91)15-25-16-39(100(92,93)94)43(44(72)40(25)41(42)55)69-67-33-18-27(8-12-35(33)96(80,81)82)57-48-61-50(59-29-6-10-31(54)37(20-29)98(86,87)88)65-52(63-48)71-14-2-4-24(22-71)46(75)76;;;;;;;;/h1-22H,(H13-2,55,56,57,58,59,60,61,62,63,64,65,66,67,72,73,74,75,76,77,78,79,80,81,82,83,84,85,86,87,88,89,90,91,92,93,94);;;;;;;2*1H2/q;6*+1;;/p-6. The van der Waals surface area contributed by atoms with Gasteiger partial charge in [-0.25, -0.2) is 69.2 Å². The Hall–Kier alpha value is -5.20. The largest absolute Gasteiger partial charge is 1.00 e. The predicted octanol–water partition coefficient (Wildman–Crippen LogP) is -13.3. The van der Waals surface area contributed by atoms with E-state index in [9.17, 15) is 103 Å². The van der Waals surface area contributed by atoms with Crippen molar-refractivity contribution >= 4 is 182 Å². The Morgan fingerprint density at radius 3 is 1.05 bits per heavy atom. The topological polar surface area (TPSA) is 707 Å². The van der Waals surface area contributed by atoms with Crippen LogP contribution in [0.5, 0.6) is 5.75 Å². The molecule has 0 fully saturated rings. The summed E-state index contributed by atoms with van der Waals surface area (Å²) in [6.07, 6.45) is 4.65. The Morgan fingerprint density at radius 2 is 0.722 bits per heavy atom. The van der Waals surface area contributed by atoms with Crippen molar-refractivity contribution in [2.45, 2.75) is 29.4 Å². The molecule has 0 aliphatic carbocycles. The number of phenols is 1. The number of aromatic carboxylic acids is 2. The summed E-state index contributed by atoms with van der Waals surface area (Å²) >= 11 is 11.9. The minimum absolute atomic E-state index is 0. The third-order valence-electron chi connectivity index (χ3n) is 13.1. The van der Waals surface area contributed by atoms with Gasteiger partial charge in [0.1, 0.15) is 83.5 Å². The van der Waals surface area contributed by atoms with Crippen LogP contribution >= 0.6 is 23.2 Å². The number of hydrogen-bond acceptors (Lipinski definition) is 38. The molecule has 10 rings (SSSR count). The van der Waals surface area contributed by atoms with Crippen molar-refractivity contribution in [2.75, 3.05) is 27.0 Å². The molecule has 6 aromatic carbocycles. The van der Waals surface area contributed by atoms with E-state index in [2.05, 4.69) is 71.6 Å². The molecular formula is C52H33Cl2N17Na6O25S6. The minimum Gasteiger partial charge on any atom is -0.870 e. The number of benzene rings is 6. The van der Waals surface area contributed by atoms with Crippen LogP contribution in [0.1, 0.15) is 20.7 Å². The number of carboxylic acids is 2. The maximum absolute atomic E-state index is 13.0. The van der Waals surface area contributed by atoms with Gasteiger partial charge in [-0.3, -0.25) is 0 Å². The van der Waals surface area contributed by atoms with E-state index in [0.29, 0.717) is 24.3 Å². The van der Waals surface area contributed by atoms with Gasteiger partial charge < -0.3 is 80.6 Å². The summed E-state index contributed by atoms with van der Waals surface area (Å²) in [7, 11) is -33.5.